The number of hydrogen-bond acceptors (Lipinski definition) is 3. The van der Waals surface area contributed by atoms with Crippen LogP contribution in [0.25, 0.3) is 0 Å². The van der Waals surface area contributed by atoms with Crippen LogP contribution in [0.5, 0.6) is 0 Å². The number of nitrogens with one attached hydrogen (secondary N) is 1. The van der Waals surface area contributed by atoms with Crippen molar-refractivity contribution in [3.8, 4) is 0 Å². The normalized spacial score (nSPS) is 40.2. The van der Waals surface area contributed by atoms with Crippen molar-refractivity contribution in [3.63, 3.8) is 0 Å². The summed E-state index contributed by atoms with van der Waals surface area (Å²) >= 11 is 0. The highest BCUT2D eigenvalue weighted by Gasteiger charge is 2.48. The molecule has 3 nitrogen and oxygen atoms in total. The summed E-state index contributed by atoms with van der Waals surface area (Å²) in [6.07, 6.45) is 3.22. The standard InChI is InChI=1S/C14H27NO2/c1-5-16-13-8-12(14(13,3)4)15-9-11-6-7-17-10(11)2/h10-13,15H,5-9H2,1-4H3. The fourth-order valence-corrected chi connectivity index (χ4v) is 3.05. The summed E-state index contributed by atoms with van der Waals surface area (Å²) in [6.45, 7) is 11.7. The zero-order valence-corrected chi connectivity index (χ0v) is 11.7. The molecule has 1 aliphatic carbocycles. The molecule has 3 heteroatoms. The quantitative estimate of drug-likeness (QED) is 0.800. The van der Waals surface area contributed by atoms with Gasteiger partial charge in [0.2, 0.25) is 0 Å². The fraction of sp³-hybridized carbons (Fsp3) is 1.00. The fourth-order valence-electron chi connectivity index (χ4n) is 3.05. The minimum atomic E-state index is 0.276. The molecule has 1 aliphatic heterocycles. The van der Waals surface area contributed by atoms with Gasteiger partial charge in [-0.3, -0.25) is 0 Å². The van der Waals surface area contributed by atoms with E-state index in [4.69, 9.17) is 9.47 Å². The molecule has 0 aromatic carbocycles. The van der Waals surface area contributed by atoms with E-state index >= 15 is 0 Å². The molecule has 17 heavy (non-hydrogen) atoms. The first kappa shape index (κ1) is 13.3. The molecule has 100 valence electrons. The average Bonchev–Trinajstić information content (AvgIpc) is 2.68. The van der Waals surface area contributed by atoms with Gasteiger partial charge in [-0.05, 0) is 32.6 Å². The molecule has 1 N–H and O–H groups in total. The highest BCUT2D eigenvalue weighted by atomic mass is 16.5. The topological polar surface area (TPSA) is 30.5 Å². The van der Waals surface area contributed by atoms with Crippen molar-refractivity contribution in [3.05, 3.63) is 0 Å². The molecule has 2 aliphatic rings. The molecule has 0 aromatic rings. The molecule has 4 atom stereocenters. The SMILES string of the molecule is CCOC1CC(NCC2CCOC2C)C1(C)C. The Labute approximate surface area is 105 Å². The van der Waals surface area contributed by atoms with Crippen LogP contribution in [0.15, 0.2) is 0 Å². The van der Waals surface area contributed by atoms with Crippen molar-refractivity contribution < 1.29 is 9.47 Å². The third-order valence-electron chi connectivity index (χ3n) is 4.71. The van der Waals surface area contributed by atoms with Crippen molar-refractivity contribution in [2.45, 2.75) is 58.8 Å². The van der Waals surface area contributed by atoms with E-state index in [0.717, 1.165) is 26.2 Å². The van der Waals surface area contributed by atoms with Crippen LogP contribution in [0.2, 0.25) is 0 Å². The molecule has 0 amide bonds. The maximum Gasteiger partial charge on any atom is 0.0655 e. The van der Waals surface area contributed by atoms with Crippen molar-refractivity contribution in [2.75, 3.05) is 19.8 Å². The van der Waals surface area contributed by atoms with E-state index in [1.54, 1.807) is 0 Å². The molecule has 1 saturated carbocycles. The smallest absolute Gasteiger partial charge is 0.0655 e. The Balaban J connectivity index is 1.74. The highest BCUT2D eigenvalue weighted by molar-refractivity contribution is 5.03. The lowest BCUT2D eigenvalue weighted by Crippen LogP contribution is -2.61. The van der Waals surface area contributed by atoms with Crippen LogP contribution >= 0.6 is 0 Å². The van der Waals surface area contributed by atoms with Crippen LogP contribution in [-0.4, -0.2) is 38.0 Å². The summed E-state index contributed by atoms with van der Waals surface area (Å²) in [5.74, 6) is 0.692. The zero-order valence-electron chi connectivity index (χ0n) is 11.7. The summed E-state index contributed by atoms with van der Waals surface area (Å²) < 4.78 is 11.3. The zero-order chi connectivity index (χ0) is 12.5. The maximum atomic E-state index is 5.75. The third kappa shape index (κ3) is 2.67. The van der Waals surface area contributed by atoms with E-state index in [0.29, 0.717) is 24.2 Å². The van der Waals surface area contributed by atoms with Gasteiger partial charge in [0.15, 0.2) is 0 Å². The van der Waals surface area contributed by atoms with E-state index < -0.39 is 0 Å². The maximum absolute atomic E-state index is 5.75. The van der Waals surface area contributed by atoms with Crippen LogP contribution in [0, 0.1) is 11.3 Å². The average molecular weight is 241 g/mol. The first-order valence-electron chi connectivity index (χ1n) is 7.02. The summed E-state index contributed by atoms with van der Waals surface area (Å²) in [5.41, 5.74) is 0.276. The molecule has 1 saturated heterocycles. The van der Waals surface area contributed by atoms with Crippen molar-refractivity contribution >= 4 is 0 Å². The second kappa shape index (κ2) is 5.25. The van der Waals surface area contributed by atoms with Gasteiger partial charge >= 0.3 is 0 Å². The van der Waals surface area contributed by atoms with Crippen molar-refractivity contribution in [2.24, 2.45) is 11.3 Å². The van der Waals surface area contributed by atoms with E-state index in [1.165, 1.54) is 6.42 Å². The summed E-state index contributed by atoms with van der Waals surface area (Å²) in [6, 6.07) is 0.604. The van der Waals surface area contributed by atoms with Crippen LogP contribution in [0.4, 0.5) is 0 Å². The second-order valence-electron chi connectivity index (χ2n) is 6.09. The van der Waals surface area contributed by atoms with Crippen molar-refractivity contribution in [1.82, 2.24) is 5.32 Å². The Morgan fingerprint density at radius 1 is 1.41 bits per heavy atom. The predicted molar refractivity (Wildman–Crippen MR) is 69.1 cm³/mol. The first-order valence-corrected chi connectivity index (χ1v) is 7.02. The lowest BCUT2D eigenvalue weighted by Gasteiger charge is -2.52. The highest BCUT2D eigenvalue weighted by Crippen LogP contribution is 2.42. The molecule has 0 spiro atoms. The lowest BCUT2D eigenvalue weighted by molar-refractivity contribution is -0.114. The van der Waals surface area contributed by atoms with Gasteiger partial charge < -0.3 is 14.8 Å². The van der Waals surface area contributed by atoms with Gasteiger partial charge in [-0.1, -0.05) is 13.8 Å². The molecule has 0 radical (unpaired) electrons. The van der Waals surface area contributed by atoms with Gasteiger partial charge in [0, 0.05) is 31.2 Å². The van der Waals surface area contributed by atoms with Crippen molar-refractivity contribution in [1.29, 1.82) is 0 Å². The Hall–Kier alpha value is -0.120. The monoisotopic (exact) mass is 241 g/mol. The van der Waals surface area contributed by atoms with Crippen LogP contribution in [0.1, 0.15) is 40.5 Å². The second-order valence-corrected chi connectivity index (χ2v) is 6.09. The van der Waals surface area contributed by atoms with Crippen LogP contribution < -0.4 is 5.32 Å². The molecule has 0 aromatic heterocycles. The number of ether oxygens (including phenoxy) is 2. The van der Waals surface area contributed by atoms with Crippen LogP contribution in [0.3, 0.4) is 0 Å². The minimum Gasteiger partial charge on any atom is -0.378 e. The summed E-state index contributed by atoms with van der Waals surface area (Å²) in [4.78, 5) is 0. The molecular weight excluding hydrogens is 214 g/mol. The molecule has 0 bridgehead atoms. The number of hydrogen-bond donors (Lipinski definition) is 1. The number of rotatable bonds is 5. The first-order chi connectivity index (χ1) is 8.05. The Morgan fingerprint density at radius 2 is 2.18 bits per heavy atom. The molecule has 2 fully saturated rings. The van der Waals surface area contributed by atoms with E-state index in [-0.39, 0.29) is 5.41 Å². The van der Waals surface area contributed by atoms with Gasteiger partial charge in [-0.2, -0.15) is 0 Å². The van der Waals surface area contributed by atoms with E-state index in [9.17, 15) is 0 Å². The van der Waals surface area contributed by atoms with Gasteiger partial charge in [0.05, 0.1) is 12.2 Å². The Kier molecular flexibility index (Phi) is 4.11. The van der Waals surface area contributed by atoms with Gasteiger partial charge in [-0.15, -0.1) is 0 Å². The third-order valence-corrected chi connectivity index (χ3v) is 4.71. The molecule has 1 heterocycles. The van der Waals surface area contributed by atoms with Gasteiger partial charge in [0.25, 0.3) is 0 Å². The minimum absolute atomic E-state index is 0.276. The van der Waals surface area contributed by atoms with E-state index in [2.05, 4.69) is 33.0 Å². The molecular formula is C14H27NO2. The van der Waals surface area contributed by atoms with Gasteiger partial charge in [-0.25, -0.2) is 0 Å². The molecule has 2 rings (SSSR count). The Morgan fingerprint density at radius 3 is 2.71 bits per heavy atom. The largest absolute Gasteiger partial charge is 0.378 e. The summed E-state index contributed by atoms with van der Waals surface area (Å²) in [7, 11) is 0. The van der Waals surface area contributed by atoms with Gasteiger partial charge in [0.1, 0.15) is 0 Å². The predicted octanol–water partition coefficient (Wildman–Crippen LogP) is 2.20. The lowest BCUT2D eigenvalue weighted by atomic mass is 9.64. The van der Waals surface area contributed by atoms with E-state index in [1.807, 2.05) is 0 Å². The Bertz CT molecular complexity index is 255. The summed E-state index contributed by atoms with van der Waals surface area (Å²) in [5, 5.41) is 3.71. The molecule has 4 unspecified atom stereocenters. The van der Waals surface area contributed by atoms with Crippen LogP contribution in [-0.2, 0) is 9.47 Å².